The smallest absolute Gasteiger partial charge is 0.241 e. The van der Waals surface area contributed by atoms with E-state index >= 15 is 0 Å². The first-order valence-electron chi connectivity index (χ1n) is 5.63. The predicted molar refractivity (Wildman–Crippen MR) is 62.3 cm³/mol. The van der Waals surface area contributed by atoms with E-state index in [2.05, 4.69) is 0 Å². The minimum Gasteiger partial charge on any atom is -0.320 e. The van der Waals surface area contributed by atoms with E-state index in [0.29, 0.717) is 0 Å². The highest BCUT2D eigenvalue weighted by molar-refractivity contribution is 5.94. The summed E-state index contributed by atoms with van der Waals surface area (Å²) in [5, 5.41) is 1.77. The monoisotopic (exact) mass is 278 g/mol. The second kappa shape index (κ2) is 6.01. The highest BCUT2D eigenvalue weighted by Crippen LogP contribution is 2.24. The molecule has 0 spiro atoms. The Hall–Kier alpha value is -1.63. The standard InChI is InChI=1S/C12H14F4N2O/c1-5(2)3-8(17)12(19)18-11-9(15)6(13)4-7(14)10(11)16/h4-5,8H,3,17H2,1-2H3,(H,18,19). The molecule has 3 nitrogen and oxygen atoms in total. The molecule has 0 aliphatic heterocycles. The van der Waals surface area contributed by atoms with Crippen molar-refractivity contribution in [2.75, 3.05) is 5.32 Å². The molecule has 0 fully saturated rings. The molecule has 106 valence electrons. The van der Waals surface area contributed by atoms with Gasteiger partial charge in [0.15, 0.2) is 23.3 Å². The van der Waals surface area contributed by atoms with Crippen molar-refractivity contribution in [1.29, 1.82) is 0 Å². The topological polar surface area (TPSA) is 55.1 Å². The van der Waals surface area contributed by atoms with Crippen LogP contribution in [-0.4, -0.2) is 11.9 Å². The number of amides is 1. The van der Waals surface area contributed by atoms with Gasteiger partial charge in [0.25, 0.3) is 0 Å². The van der Waals surface area contributed by atoms with Crippen molar-refractivity contribution >= 4 is 11.6 Å². The first-order chi connectivity index (χ1) is 8.73. The van der Waals surface area contributed by atoms with Gasteiger partial charge >= 0.3 is 0 Å². The fourth-order valence-corrected chi connectivity index (χ4v) is 1.51. The summed E-state index contributed by atoms with van der Waals surface area (Å²) < 4.78 is 52.4. The normalized spacial score (nSPS) is 12.6. The second-order valence-corrected chi connectivity index (χ2v) is 4.57. The molecule has 7 heteroatoms. The first-order valence-corrected chi connectivity index (χ1v) is 5.63. The predicted octanol–water partition coefficient (Wildman–Crippen LogP) is 2.55. The van der Waals surface area contributed by atoms with Crippen molar-refractivity contribution in [1.82, 2.24) is 0 Å². The van der Waals surface area contributed by atoms with Crippen LogP contribution in [0.4, 0.5) is 23.2 Å². The van der Waals surface area contributed by atoms with E-state index in [1.807, 2.05) is 0 Å². The van der Waals surface area contributed by atoms with Gasteiger partial charge in [-0.3, -0.25) is 4.79 Å². The maximum absolute atomic E-state index is 13.3. The van der Waals surface area contributed by atoms with Gasteiger partial charge < -0.3 is 11.1 Å². The van der Waals surface area contributed by atoms with Crippen LogP contribution >= 0.6 is 0 Å². The molecule has 0 aliphatic rings. The Labute approximate surface area is 107 Å². The van der Waals surface area contributed by atoms with Gasteiger partial charge in [0.05, 0.1) is 6.04 Å². The number of carbonyl (C=O) groups is 1. The van der Waals surface area contributed by atoms with Gasteiger partial charge in [0.2, 0.25) is 5.91 Å². The van der Waals surface area contributed by atoms with Crippen LogP contribution in [0.2, 0.25) is 0 Å². The molecule has 0 heterocycles. The van der Waals surface area contributed by atoms with Crippen LogP contribution in [0.3, 0.4) is 0 Å². The Kier molecular flexibility index (Phi) is 4.88. The number of halogens is 4. The van der Waals surface area contributed by atoms with Crippen molar-refractivity contribution in [2.24, 2.45) is 11.7 Å². The molecule has 1 rings (SSSR count). The quantitative estimate of drug-likeness (QED) is 0.657. The first kappa shape index (κ1) is 15.4. The van der Waals surface area contributed by atoms with Gasteiger partial charge in [0, 0.05) is 6.07 Å². The Morgan fingerprint density at radius 1 is 1.21 bits per heavy atom. The zero-order valence-electron chi connectivity index (χ0n) is 10.4. The van der Waals surface area contributed by atoms with Crippen molar-refractivity contribution in [3.05, 3.63) is 29.3 Å². The number of rotatable bonds is 4. The highest BCUT2D eigenvalue weighted by atomic mass is 19.2. The van der Waals surface area contributed by atoms with Crippen LogP contribution in [0.15, 0.2) is 6.07 Å². The maximum Gasteiger partial charge on any atom is 0.241 e. The van der Waals surface area contributed by atoms with Gasteiger partial charge in [0.1, 0.15) is 5.69 Å². The molecule has 19 heavy (non-hydrogen) atoms. The molecule has 3 N–H and O–H groups in total. The number of anilines is 1. The third-order valence-electron chi connectivity index (χ3n) is 2.42. The van der Waals surface area contributed by atoms with Crippen LogP contribution in [0, 0.1) is 29.2 Å². The molecule has 0 aromatic heterocycles. The van der Waals surface area contributed by atoms with E-state index in [9.17, 15) is 22.4 Å². The summed E-state index contributed by atoms with van der Waals surface area (Å²) in [4.78, 5) is 11.6. The number of carbonyl (C=O) groups excluding carboxylic acids is 1. The summed E-state index contributed by atoms with van der Waals surface area (Å²) in [6, 6.07) is -0.959. The Morgan fingerprint density at radius 2 is 1.68 bits per heavy atom. The van der Waals surface area contributed by atoms with Crippen LogP contribution in [0.5, 0.6) is 0 Å². The Bertz CT molecular complexity index is 465. The second-order valence-electron chi connectivity index (χ2n) is 4.57. The molecule has 0 bridgehead atoms. The van der Waals surface area contributed by atoms with Gasteiger partial charge in [-0.25, -0.2) is 17.6 Å². The van der Waals surface area contributed by atoms with Gasteiger partial charge in [-0.1, -0.05) is 13.8 Å². The summed E-state index contributed by atoms with van der Waals surface area (Å²) in [6.45, 7) is 3.60. The SMILES string of the molecule is CC(C)CC(N)C(=O)Nc1c(F)c(F)cc(F)c1F. The molecule has 1 atom stereocenters. The van der Waals surface area contributed by atoms with E-state index in [4.69, 9.17) is 5.73 Å². The Balaban J connectivity index is 2.97. The van der Waals surface area contributed by atoms with Crippen LogP contribution in [-0.2, 0) is 4.79 Å². The zero-order valence-corrected chi connectivity index (χ0v) is 10.4. The molecular formula is C12H14F4N2O. The summed E-state index contributed by atoms with van der Waals surface area (Å²) in [7, 11) is 0. The lowest BCUT2D eigenvalue weighted by Crippen LogP contribution is -2.37. The number of benzene rings is 1. The minimum absolute atomic E-state index is 0.0639. The Morgan fingerprint density at radius 3 is 2.11 bits per heavy atom. The molecule has 1 aromatic rings. The molecular weight excluding hydrogens is 264 g/mol. The number of hydrogen-bond donors (Lipinski definition) is 2. The van der Waals surface area contributed by atoms with Gasteiger partial charge in [-0.15, -0.1) is 0 Å². The average Bonchev–Trinajstić information content (AvgIpc) is 2.31. The number of hydrogen-bond acceptors (Lipinski definition) is 2. The molecule has 1 unspecified atom stereocenters. The maximum atomic E-state index is 13.3. The summed E-state index contributed by atoms with van der Waals surface area (Å²) >= 11 is 0. The van der Waals surface area contributed by atoms with Crippen LogP contribution in [0.1, 0.15) is 20.3 Å². The fourth-order valence-electron chi connectivity index (χ4n) is 1.51. The van der Waals surface area contributed by atoms with Gasteiger partial charge in [-0.2, -0.15) is 0 Å². The van der Waals surface area contributed by atoms with Crippen molar-refractivity contribution in [3.63, 3.8) is 0 Å². The van der Waals surface area contributed by atoms with Crippen LogP contribution in [0.25, 0.3) is 0 Å². The molecule has 1 amide bonds. The summed E-state index contributed by atoms with van der Waals surface area (Å²) in [6.07, 6.45) is 0.271. The zero-order chi connectivity index (χ0) is 14.7. The van der Waals surface area contributed by atoms with Gasteiger partial charge in [-0.05, 0) is 12.3 Å². The lowest BCUT2D eigenvalue weighted by Gasteiger charge is -2.15. The summed E-state index contributed by atoms with van der Waals surface area (Å²) in [5.41, 5.74) is 4.33. The lowest BCUT2D eigenvalue weighted by molar-refractivity contribution is -0.117. The van der Waals surface area contributed by atoms with Crippen molar-refractivity contribution in [2.45, 2.75) is 26.3 Å². The van der Waals surface area contributed by atoms with E-state index in [-0.39, 0.29) is 18.4 Å². The van der Waals surface area contributed by atoms with E-state index in [0.717, 1.165) is 0 Å². The molecule has 0 radical (unpaired) electrons. The largest absolute Gasteiger partial charge is 0.320 e. The fraction of sp³-hybridized carbons (Fsp3) is 0.417. The molecule has 0 aliphatic carbocycles. The number of nitrogens with two attached hydrogens (primary N) is 1. The highest BCUT2D eigenvalue weighted by Gasteiger charge is 2.23. The van der Waals surface area contributed by atoms with E-state index in [1.165, 1.54) is 0 Å². The minimum atomic E-state index is -1.66. The van der Waals surface area contributed by atoms with E-state index in [1.54, 1.807) is 19.2 Å². The third-order valence-corrected chi connectivity index (χ3v) is 2.42. The van der Waals surface area contributed by atoms with Crippen molar-refractivity contribution in [3.8, 4) is 0 Å². The van der Waals surface area contributed by atoms with Crippen LogP contribution < -0.4 is 11.1 Å². The number of nitrogens with one attached hydrogen (secondary N) is 1. The molecule has 1 aromatic carbocycles. The molecule has 0 saturated carbocycles. The summed E-state index contributed by atoms with van der Waals surface area (Å²) in [5.74, 6) is -7.33. The lowest BCUT2D eigenvalue weighted by atomic mass is 10.0. The van der Waals surface area contributed by atoms with Crippen molar-refractivity contribution < 1.29 is 22.4 Å². The van der Waals surface area contributed by atoms with E-state index < -0.39 is 40.9 Å². The average molecular weight is 278 g/mol. The molecule has 0 saturated heterocycles. The third kappa shape index (κ3) is 3.66.